The van der Waals surface area contributed by atoms with Crippen LogP contribution in [0.5, 0.6) is 0 Å². The van der Waals surface area contributed by atoms with Crippen molar-refractivity contribution in [3.05, 3.63) is 41.1 Å². The number of anilines is 3. The molecule has 0 atom stereocenters. The van der Waals surface area contributed by atoms with Crippen molar-refractivity contribution in [1.29, 1.82) is 0 Å². The van der Waals surface area contributed by atoms with Crippen LogP contribution in [0.15, 0.2) is 24.3 Å². The van der Waals surface area contributed by atoms with E-state index in [9.17, 15) is 0 Å². The summed E-state index contributed by atoms with van der Waals surface area (Å²) in [6.45, 7) is 9.16. The number of benzene rings is 1. The number of aromatic nitrogens is 2. The maximum atomic E-state index is 4.50. The molecule has 1 aromatic heterocycles. The number of hydrogen-bond donors (Lipinski definition) is 2. The SMILES string of the molecule is CCCNc1nc(C)cc(Nc2cc(C)ccc2C)n1. The molecular formula is C16H22N4. The van der Waals surface area contributed by atoms with Gasteiger partial charge in [-0.3, -0.25) is 0 Å². The van der Waals surface area contributed by atoms with Crippen molar-refractivity contribution in [3.8, 4) is 0 Å². The number of nitrogens with zero attached hydrogens (tertiary/aromatic N) is 2. The van der Waals surface area contributed by atoms with E-state index in [4.69, 9.17) is 0 Å². The van der Waals surface area contributed by atoms with Gasteiger partial charge in [-0.25, -0.2) is 4.98 Å². The zero-order valence-electron chi connectivity index (χ0n) is 12.6. The van der Waals surface area contributed by atoms with Gasteiger partial charge in [-0.05, 0) is 44.4 Å². The fraction of sp³-hybridized carbons (Fsp3) is 0.375. The molecule has 0 spiro atoms. The predicted octanol–water partition coefficient (Wildman–Crippen LogP) is 3.97. The molecule has 106 valence electrons. The Labute approximate surface area is 120 Å². The summed E-state index contributed by atoms with van der Waals surface area (Å²) in [5.74, 6) is 1.50. The van der Waals surface area contributed by atoms with Gasteiger partial charge in [0.15, 0.2) is 0 Å². The van der Waals surface area contributed by atoms with Gasteiger partial charge in [0, 0.05) is 24.0 Å². The molecule has 2 rings (SSSR count). The molecule has 0 radical (unpaired) electrons. The average molecular weight is 270 g/mol. The lowest BCUT2D eigenvalue weighted by atomic mass is 10.1. The molecule has 1 heterocycles. The first kappa shape index (κ1) is 14.3. The molecule has 0 unspecified atom stereocenters. The first-order valence-electron chi connectivity index (χ1n) is 7.02. The highest BCUT2D eigenvalue weighted by Crippen LogP contribution is 2.21. The van der Waals surface area contributed by atoms with E-state index in [0.29, 0.717) is 5.95 Å². The van der Waals surface area contributed by atoms with Gasteiger partial charge in [-0.15, -0.1) is 0 Å². The number of hydrogen-bond acceptors (Lipinski definition) is 4. The van der Waals surface area contributed by atoms with E-state index in [-0.39, 0.29) is 0 Å². The first-order chi connectivity index (χ1) is 9.58. The van der Waals surface area contributed by atoms with Crippen molar-refractivity contribution in [2.75, 3.05) is 17.2 Å². The fourth-order valence-corrected chi connectivity index (χ4v) is 1.96. The van der Waals surface area contributed by atoms with Gasteiger partial charge in [0.1, 0.15) is 5.82 Å². The Morgan fingerprint density at radius 1 is 1.05 bits per heavy atom. The molecule has 2 N–H and O–H groups in total. The molecule has 0 aliphatic carbocycles. The normalized spacial score (nSPS) is 10.4. The molecule has 0 bridgehead atoms. The maximum absolute atomic E-state index is 4.50. The molecule has 4 nitrogen and oxygen atoms in total. The number of aryl methyl sites for hydroxylation is 3. The average Bonchev–Trinajstić information content (AvgIpc) is 2.40. The van der Waals surface area contributed by atoms with Gasteiger partial charge in [0.05, 0.1) is 0 Å². The maximum Gasteiger partial charge on any atom is 0.224 e. The van der Waals surface area contributed by atoms with Crippen LogP contribution in [-0.4, -0.2) is 16.5 Å². The minimum atomic E-state index is 0.680. The van der Waals surface area contributed by atoms with Crippen LogP contribution in [-0.2, 0) is 0 Å². The quantitative estimate of drug-likeness (QED) is 0.863. The van der Waals surface area contributed by atoms with Crippen molar-refractivity contribution in [1.82, 2.24) is 9.97 Å². The summed E-state index contributed by atoms with van der Waals surface area (Å²) in [5.41, 5.74) is 4.47. The molecule has 20 heavy (non-hydrogen) atoms. The van der Waals surface area contributed by atoms with Crippen LogP contribution in [0.2, 0.25) is 0 Å². The molecule has 0 aliphatic rings. The Hall–Kier alpha value is -2.10. The highest BCUT2D eigenvalue weighted by Gasteiger charge is 2.04. The predicted molar refractivity (Wildman–Crippen MR) is 84.7 cm³/mol. The third kappa shape index (κ3) is 3.70. The molecule has 4 heteroatoms. The summed E-state index contributed by atoms with van der Waals surface area (Å²) >= 11 is 0. The van der Waals surface area contributed by atoms with Crippen LogP contribution in [0, 0.1) is 20.8 Å². The number of rotatable bonds is 5. The monoisotopic (exact) mass is 270 g/mol. The summed E-state index contributed by atoms with van der Waals surface area (Å²) in [5, 5.41) is 6.60. The second-order valence-electron chi connectivity index (χ2n) is 5.09. The van der Waals surface area contributed by atoms with Gasteiger partial charge in [-0.2, -0.15) is 4.98 Å². The van der Waals surface area contributed by atoms with Crippen LogP contribution in [0.3, 0.4) is 0 Å². The highest BCUT2D eigenvalue weighted by atomic mass is 15.1. The van der Waals surface area contributed by atoms with E-state index in [1.165, 1.54) is 11.1 Å². The highest BCUT2D eigenvalue weighted by molar-refractivity contribution is 5.62. The van der Waals surface area contributed by atoms with Crippen molar-refractivity contribution in [2.45, 2.75) is 34.1 Å². The zero-order chi connectivity index (χ0) is 14.5. The lowest BCUT2D eigenvalue weighted by Crippen LogP contribution is -2.07. The van der Waals surface area contributed by atoms with Crippen molar-refractivity contribution < 1.29 is 0 Å². The van der Waals surface area contributed by atoms with Gasteiger partial charge >= 0.3 is 0 Å². The minimum absolute atomic E-state index is 0.680. The lowest BCUT2D eigenvalue weighted by Gasteiger charge is -2.12. The van der Waals surface area contributed by atoms with Crippen molar-refractivity contribution >= 4 is 17.5 Å². The van der Waals surface area contributed by atoms with Crippen LogP contribution in [0.1, 0.15) is 30.2 Å². The Kier molecular flexibility index (Phi) is 4.56. The topological polar surface area (TPSA) is 49.8 Å². The summed E-state index contributed by atoms with van der Waals surface area (Å²) in [6, 6.07) is 8.31. The molecule has 0 aliphatic heterocycles. The van der Waals surface area contributed by atoms with E-state index in [1.807, 2.05) is 13.0 Å². The third-order valence-electron chi connectivity index (χ3n) is 3.04. The second kappa shape index (κ2) is 6.37. The smallest absolute Gasteiger partial charge is 0.224 e. The van der Waals surface area contributed by atoms with Crippen LogP contribution in [0.25, 0.3) is 0 Å². The standard InChI is InChI=1S/C16H22N4/c1-5-8-17-16-18-13(4)10-15(20-16)19-14-9-11(2)6-7-12(14)3/h6-7,9-10H,5,8H2,1-4H3,(H2,17,18,19,20). The summed E-state index contributed by atoms with van der Waals surface area (Å²) in [4.78, 5) is 8.89. The first-order valence-corrected chi connectivity index (χ1v) is 7.02. The Morgan fingerprint density at radius 2 is 1.85 bits per heavy atom. The van der Waals surface area contributed by atoms with E-state index in [0.717, 1.165) is 30.2 Å². The summed E-state index contributed by atoms with van der Waals surface area (Å²) in [6.07, 6.45) is 1.05. The lowest BCUT2D eigenvalue weighted by molar-refractivity contribution is 0.947. The molecule has 1 aromatic carbocycles. The largest absolute Gasteiger partial charge is 0.354 e. The summed E-state index contributed by atoms with van der Waals surface area (Å²) in [7, 11) is 0. The number of nitrogens with one attached hydrogen (secondary N) is 2. The minimum Gasteiger partial charge on any atom is -0.354 e. The molecule has 0 saturated carbocycles. The van der Waals surface area contributed by atoms with Crippen molar-refractivity contribution in [3.63, 3.8) is 0 Å². The van der Waals surface area contributed by atoms with Crippen LogP contribution in [0.4, 0.5) is 17.5 Å². The van der Waals surface area contributed by atoms with Crippen LogP contribution < -0.4 is 10.6 Å². The molecule has 0 saturated heterocycles. The Morgan fingerprint density at radius 3 is 2.60 bits per heavy atom. The summed E-state index contributed by atoms with van der Waals surface area (Å²) < 4.78 is 0. The second-order valence-corrected chi connectivity index (χ2v) is 5.09. The zero-order valence-corrected chi connectivity index (χ0v) is 12.6. The van der Waals surface area contributed by atoms with E-state index in [1.54, 1.807) is 0 Å². The third-order valence-corrected chi connectivity index (χ3v) is 3.04. The van der Waals surface area contributed by atoms with Gasteiger partial charge in [0.25, 0.3) is 0 Å². The molecule has 2 aromatic rings. The molecular weight excluding hydrogens is 248 g/mol. The Bertz CT molecular complexity index is 593. The van der Waals surface area contributed by atoms with Gasteiger partial charge in [0.2, 0.25) is 5.95 Å². The molecule has 0 amide bonds. The van der Waals surface area contributed by atoms with E-state index < -0.39 is 0 Å². The Balaban J connectivity index is 2.24. The van der Waals surface area contributed by atoms with E-state index in [2.05, 4.69) is 59.6 Å². The molecule has 0 fully saturated rings. The fourth-order valence-electron chi connectivity index (χ4n) is 1.96. The van der Waals surface area contributed by atoms with E-state index >= 15 is 0 Å². The van der Waals surface area contributed by atoms with Crippen LogP contribution >= 0.6 is 0 Å². The van der Waals surface area contributed by atoms with Gasteiger partial charge < -0.3 is 10.6 Å². The van der Waals surface area contributed by atoms with Gasteiger partial charge in [-0.1, -0.05) is 19.1 Å². The van der Waals surface area contributed by atoms with Crippen molar-refractivity contribution in [2.24, 2.45) is 0 Å².